The molecule has 208 valence electrons. The molecule has 0 radical (unpaired) electrons. The zero-order valence-electron chi connectivity index (χ0n) is 24.0. The molecular formula is C41H23N3O. The highest BCUT2D eigenvalue weighted by Crippen LogP contribution is 2.50. The topological polar surface area (TPSA) is 47.9 Å². The standard InChI is InChI=1S/C41H23N3O/c1-3-13-29-24(8-1)10-5-15-31(29)39-42-40(32-16-6-11-25-9-2-4-14-30(25)32)44-41(43-39)33-23-22-28-21-20-27-19-18-26-12-7-17-34-35(26)36(27)37(28)38(33)45-34/h1-23H. The van der Waals surface area contributed by atoms with E-state index in [0.717, 1.165) is 65.9 Å². The Morgan fingerprint density at radius 3 is 1.44 bits per heavy atom. The van der Waals surface area contributed by atoms with E-state index >= 15 is 0 Å². The number of nitrogens with zero attached hydrogens (tertiary/aromatic N) is 3. The number of rotatable bonds is 3. The molecule has 2 heterocycles. The van der Waals surface area contributed by atoms with Crippen molar-refractivity contribution in [1.29, 1.82) is 0 Å². The van der Waals surface area contributed by atoms with Gasteiger partial charge in [0.05, 0.1) is 5.56 Å². The second kappa shape index (κ2) is 9.18. The van der Waals surface area contributed by atoms with Crippen LogP contribution >= 0.6 is 0 Å². The lowest BCUT2D eigenvalue weighted by Gasteiger charge is -2.22. The van der Waals surface area contributed by atoms with Crippen LogP contribution in [0.25, 0.3) is 88.0 Å². The molecule has 0 amide bonds. The first-order chi connectivity index (χ1) is 22.3. The monoisotopic (exact) mass is 573 g/mol. The van der Waals surface area contributed by atoms with E-state index in [1.54, 1.807) is 0 Å². The maximum atomic E-state index is 6.80. The number of ether oxygens (including phenoxy) is 1. The summed E-state index contributed by atoms with van der Waals surface area (Å²) < 4.78 is 6.80. The van der Waals surface area contributed by atoms with Gasteiger partial charge in [-0.3, -0.25) is 0 Å². The molecule has 0 unspecified atom stereocenters. The molecule has 4 nitrogen and oxygen atoms in total. The maximum Gasteiger partial charge on any atom is 0.167 e. The summed E-state index contributed by atoms with van der Waals surface area (Å²) in [5, 5.41) is 11.4. The van der Waals surface area contributed by atoms with E-state index in [1.165, 1.54) is 16.2 Å². The normalized spacial score (nSPS) is 12.2. The molecule has 9 aromatic rings. The van der Waals surface area contributed by atoms with Gasteiger partial charge in [-0.25, -0.2) is 15.0 Å². The molecule has 1 aliphatic rings. The second-order valence-corrected chi connectivity index (χ2v) is 11.6. The largest absolute Gasteiger partial charge is 0.455 e. The van der Waals surface area contributed by atoms with E-state index in [9.17, 15) is 0 Å². The molecule has 0 atom stereocenters. The van der Waals surface area contributed by atoms with Gasteiger partial charge >= 0.3 is 0 Å². The molecule has 0 spiro atoms. The van der Waals surface area contributed by atoms with Crippen LogP contribution < -0.4 is 4.74 Å². The summed E-state index contributed by atoms with van der Waals surface area (Å²) in [6.07, 6.45) is 0. The van der Waals surface area contributed by atoms with Crippen molar-refractivity contribution >= 4 is 53.9 Å². The zero-order chi connectivity index (χ0) is 29.5. The van der Waals surface area contributed by atoms with Crippen LogP contribution in [0.1, 0.15) is 0 Å². The molecule has 1 aromatic heterocycles. The minimum absolute atomic E-state index is 0.580. The van der Waals surface area contributed by atoms with Gasteiger partial charge in [0, 0.05) is 27.3 Å². The van der Waals surface area contributed by atoms with Crippen molar-refractivity contribution in [1.82, 2.24) is 15.0 Å². The fourth-order valence-corrected chi connectivity index (χ4v) is 7.00. The minimum atomic E-state index is 0.580. The van der Waals surface area contributed by atoms with Gasteiger partial charge in [0.25, 0.3) is 0 Å². The van der Waals surface area contributed by atoms with Gasteiger partial charge < -0.3 is 4.74 Å². The SMILES string of the molecule is c1ccc2c(-c3nc(-c4ccc5ccc6ccc7cccc8c7c6c5c4O8)nc(-c4cccc5ccccc45)n3)cccc2c1. The van der Waals surface area contributed by atoms with Crippen molar-refractivity contribution in [2.24, 2.45) is 0 Å². The van der Waals surface area contributed by atoms with Gasteiger partial charge in [-0.05, 0) is 49.8 Å². The lowest BCUT2D eigenvalue weighted by molar-refractivity contribution is 0.494. The van der Waals surface area contributed by atoms with Gasteiger partial charge in [-0.2, -0.15) is 0 Å². The Labute approximate surface area is 258 Å². The molecule has 1 aliphatic heterocycles. The van der Waals surface area contributed by atoms with Crippen molar-refractivity contribution in [2.75, 3.05) is 0 Å². The first-order valence-electron chi connectivity index (χ1n) is 15.1. The van der Waals surface area contributed by atoms with Gasteiger partial charge in [-0.15, -0.1) is 0 Å². The van der Waals surface area contributed by atoms with Crippen LogP contribution in [0, 0.1) is 0 Å². The predicted octanol–water partition coefficient (Wildman–Crippen LogP) is 10.7. The predicted molar refractivity (Wildman–Crippen MR) is 184 cm³/mol. The molecule has 0 N–H and O–H groups in total. The summed E-state index contributed by atoms with van der Waals surface area (Å²) >= 11 is 0. The third-order valence-electron chi connectivity index (χ3n) is 9.07. The smallest absolute Gasteiger partial charge is 0.167 e. The molecule has 45 heavy (non-hydrogen) atoms. The first kappa shape index (κ1) is 24.3. The average Bonchev–Trinajstić information content (AvgIpc) is 3.11. The fourth-order valence-electron chi connectivity index (χ4n) is 7.00. The van der Waals surface area contributed by atoms with Gasteiger partial charge in [0.15, 0.2) is 17.5 Å². The van der Waals surface area contributed by atoms with E-state index in [0.29, 0.717) is 17.5 Å². The highest BCUT2D eigenvalue weighted by molar-refractivity contribution is 6.26. The summed E-state index contributed by atoms with van der Waals surface area (Å²) in [4.78, 5) is 15.5. The van der Waals surface area contributed by atoms with E-state index < -0.39 is 0 Å². The van der Waals surface area contributed by atoms with Crippen molar-refractivity contribution in [3.8, 4) is 45.7 Å². The Balaban J connectivity index is 1.31. The number of hydrogen-bond acceptors (Lipinski definition) is 4. The van der Waals surface area contributed by atoms with Crippen molar-refractivity contribution in [3.63, 3.8) is 0 Å². The molecule has 4 heteroatoms. The third-order valence-corrected chi connectivity index (χ3v) is 9.07. The van der Waals surface area contributed by atoms with Crippen molar-refractivity contribution in [3.05, 3.63) is 140 Å². The first-order valence-corrected chi connectivity index (χ1v) is 15.1. The van der Waals surface area contributed by atoms with Crippen LogP contribution in [0.15, 0.2) is 140 Å². The third kappa shape index (κ3) is 3.57. The molecule has 0 aliphatic carbocycles. The molecule has 0 saturated carbocycles. The highest BCUT2D eigenvalue weighted by atomic mass is 16.5. The summed E-state index contributed by atoms with van der Waals surface area (Å²) in [7, 11) is 0. The summed E-state index contributed by atoms with van der Waals surface area (Å²) in [6, 6.07) is 48.5. The molecular weight excluding hydrogens is 550 g/mol. The van der Waals surface area contributed by atoms with Gasteiger partial charge in [-0.1, -0.05) is 127 Å². The summed E-state index contributed by atoms with van der Waals surface area (Å²) in [5.74, 6) is 3.47. The lowest BCUT2D eigenvalue weighted by atomic mass is 9.92. The minimum Gasteiger partial charge on any atom is -0.455 e. The summed E-state index contributed by atoms with van der Waals surface area (Å²) in [5.41, 5.74) is 2.77. The summed E-state index contributed by atoms with van der Waals surface area (Å²) in [6.45, 7) is 0. The van der Waals surface area contributed by atoms with Gasteiger partial charge in [0.1, 0.15) is 11.5 Å². The maximum absolute atomic E-state index is 6.80. The molecule has 8 aromatic carbocycles. The van der Waals surface area contributed by atoms with E-state index in [4.69, 9.17) is 19.7 Å². The van der Waals surface area contributed by atoms with Crippen LogP contribution in [0.2, 0.25) is 0 Å². The number of aromatic nitrogens is 3. The Morgan fingerprint density at radius 2 is 0.800 bits per heavy atom. The van der Waals surface area contributed by atoms with Crippen molar-refractivity contribution in [2.45, 2.75) is 0 Å². The number of benzene rings is 8. The van der Waals surface area contributed by atoms with Crippen LogP contribution in [0.3, 0.4) is 0 Å². The van der Waals surface area contributed by atoms with E-state index in [2.05, 4.69) is 140 Å². The van der Waals surface area contributed by atoms with Crippen LogP contribution in [-0.4, -0.2) is 15.0 Å². The van der Waals surface area contributed by atoms with Crippen LogP contribution in [0.4, 0.5) is 0 Å². The Kier molecular flexibility index (Phi) is 4.96. The van der Waals surface area contributed by atoms with E-state index in [-0.39, 0.29) is 0 Å². The Bertz CT molecular complexity index is 2580. The van der Waals surface area contributed by atoms with Crippen molar-refractivity contribution < 1.29 is 4.74 Å². The molecule has 0 bridgehead atoms. The quantitative estimate of drug-likeness (QED) is 0.197. The molecule has 0 fully saturated rings. The zero-order valence-corrected chi connectivity index (χ0v) is 24.0. The fraction of sp³-hybridized carbons (Fsp3) is 0. The molecule has 10 rings (SSSR count). The van der Waals surface area contributed by atoms with E-state index in [1.807, 2.05) is 0 Å². The molecule has 0 saturated heterocycles. The van der Waals surface area contributed by atoms with Gasteiger partial charge in [0.2, 0.25) is 0 Å². The number of hydrogen-bond donors (Lipinski definition) is 0. The average molecular weight is 574 g/mol. The second-order valence-electron chi connectivity index (χ2n) is 11.6. The van der Waals surface area contributed by atoms with Crippen LogP contribution in [-0.2, 0) is 0 Å². The lowest BCUT2D eigenvalue weighted by Crippen LogP contribution is -2.03. The Morgan fingerprint density at radius 1 is 0.333 bits per heavy atom. The Hall–Kier alpha value is -6.13. The number of fused-ring (bicyclic) bond motifs is 2. The van der Waals surface area contributed by atoms with Crippen LogP contribution in [0.5, 0.6) is 11.5 Å². The highest BCUT2D eigenvalue weighted by Gasteiger charge is 2.25.